The molecule has 0 aliphatic heterocycles. The second-order valence-corrected chi connectivity index (χ2v) is 7.30. The standard InChI is InChI=1S/C22H18ClFN4O/c1-12-11-25-5-4-16(12)14-3-6-26-21(9-14)27-13(2)17-7-15-8-18(23)19(24)10-20(15)28-22(17)29/h3-11,13H,1-2H3,(H,26,27)(H,28,29). The number of aromatic nitrogens is 3. The lowest BCUT2D eigenvalue weighted by Gasteiger charge is -2.16. The van der Waals surface area contributed by atoms with Gasteiger partial charge in [0.05, 0.1) is 16.6 Å². The molecule has 7 heteroatoms. The van der Waals surface area contributed by atoms with Crippen LogP contribution >= 0.6 is 11.6 Å². The highest BCUT2D eigenvalue weighted by Crippen LogP contribution is 2.26. The Labute approximate surface area is 171 Å². The molecule has 4 rings (SSSR count). The van der Waals surface area contributed by atoms with Gasteiger partial charge in [0.25, 0.3) is 5.56 Å². The number of pyridine rings is 3. The molecule has 2 N–H and O–H groups in total. The first-order valence-corrected chi connectivity index (χ1v) is 9.46. The number of aryl methyl sites for hydroxylation is 1. The Balaban J connectivity index is 1.66. The molecule has 1 unspecified atom stereocenters. The molecule has 0 fully saturated rings. The van der Waals surface area contributed by atoms with Gasteiger partial charge in [-0.3, -0.25) is 9.78 Å². The predicted molar refractivity (Wildman–Crippen MR) is 114 cm³/mol. The Morgan fingerprint density at radius 3 is 2.79 bits per heavy atom. The normalized spacial score (nSPS) is 12.1. The lowest BCUT2D eigenvalue weighted by molar-refractivity contribution is 0.629. The quantitative estimate of drug-likeness (QED) is 0.483. The first-order chi connectivity index (χ1) is 13.9. The molecule has 0 bridgehead atoms. The van der Waals surface area contributed by atoms with E-state index >= 15 is 0 Å². The molecule has 0 aliphatic carbocycles. The Morgan fingerprint density at radius 1 is 1.17 bits per heavy atom. The van der Waals surface area contributed by atoms with Gasteiger partial charge in [0.1, 0.15) is 11.6 Å². The zero-order valence-electron chi connectivity index (χ0n) is 15.8. The number of aromatic amines is 1. The minimum atomic E-state index is -0.568. The van der Waals surface area contributed by atoms with Crippen LogP contribution in [0.15, 0.2) is 59.8 Å². The number of H-pyrrole nitrogens is 1. The summed E-state index contributed by atoms with van der Waals surface area (Å²) in [6.45, 7) is 3.87. The number of halogens is 2. The number of nitrogens with one attached hydrogen (secondary N) is 2. The maximum atomic E-state index is 13.7. The predicted octanol–water partition coefficient (Wildman–Crippen LogP) is 5.26. The van der Waals surface area contributed by atoms with Crippen LogP contribution in [0.2, 0.25) is 5.02 Å². The third kappa shape index (κ3) is 3.84. The molecule has 1 atom stereocenters. The summed E-state index contributed by atoms with van der Waals surface area (Å²) in [5, 5.41) is 3.94. The van der Waals surface area contributed by atoms with Crippen LogP contribution in [0.25, 0.3) is 22.0 Å². The molecule has 29 heavy (non-hydrogen) atoms. The van der Waals surface area contributed by atoms with Crippen LogP contribution < -0.4 is 10.9 Å². The molecule has 3 heterocycles. The highest BCUT2D eigenvalue weighted by Gasteiger charge is 2.14. The maximum Gasteiger partial charge on any atom is 0.253 e. The second-order valence-electron chi connectivity index (χ2n) is 6.89. The van der Waals surface area contributed by atoms with Crippen LogP contribution in [0.1, 0.15) is 24.1 Å². The van der Waals surface area contributed by atoms with Crippen LogP contribution in [-0.2, 0) is 0 Å². The van der Waals surface area contributed by atoms with E-state index in [1.165, 1.54) is 12.1 Å². The van der Waals surface area contributed by atoms with Crippen molar-refractivity contribution in [3.8, 4) is 11.1 Å². The highest BCUT2D eigenvalue weighted by atomic mass is 35.5. The average Bonchev–Trinajstić information content (AvgIpc) is 2.69. The Bertz CT molecular complexity index is 1270. The summed E-state index contributed by atoms with van der Waals surface area (Å²) in [5.74, 6) is 0.0732. The zero-order chi connectivity index (χ0) is 20.5. The minimum Gasteiger partial charge on any atom is -0.363 e. The maximum absolute atomic E-state index is 13.7. The van der Waals surface area contributed by atoms with E-state index in [0.29, 0.717) is 22.3 Å². The van der Waals surface area contributed by atoms with Crippen molar-refractivity contribution in [2.24, 2.45) is 0 Å². The Hall–Kier alpha value is -3.25. The molecule has 3 aromatic heterocycles. The van der Waals surface area contributed by atoms with Gasteiger partial charge in [0, 0.05) is 29.5 Å². The summed E-state index contributed by atoms with van der Waals surface area (Å²) >= 11 is 5.88. The lowest BCUT2D eigenvalue weighted by Crippen LogP contribution is -2.19. The van der Waals surface area contributed by atoms with E-state index in [1.807, 2.05) is 38.2 Å². The summed E-state index contributed by atoms with van der Waals surface area (Å²) in [6, 6.07) is 9.93. The van der Waals surface area contributed by atoms with Crippen molar-refractivity contribution in [1.82, 2.24) is 15.0 Å². The van der Waals surface area contributed by atoms with Crippen LogP contribution in [0.5, 0.6) is 0 Å². The number of rotatable bonds is 4. The lowest BCUT2D eigenvalue weighted by atomic mass is 10.0. The molecule has 5 nitrogen and oxygen atoms in total. The van der Waals surface area contributed by atoms with Crippen molar-refractivity contribution in [2.45, 2.75) is 19.9 Å². The van der Waals surface area contributed by atoms with Crippen molar-refractivity contribution < 1.29 is 4.39 Å². The van der Waals surface area contributed by atoms with E-state index in [4.69, 9.17) is 11.6 Å². The van der Waals surface area contributed by atoms with E-state index in [-0.39, 0.29) is 16.6 Å². The first-order valence-electron chi connectivity index (χ1n) is 9.08. The zero-order valence-corrected chi connectivity index (χ0v) is 16.6. The van der Waals surface area contributed by atoms with Crippen molar-refractivity contribution >= 4 is 28.3 Å². The highest BCUT2D eigenvalue weighted by molar-refractivity contribution is 6.31. The van der Waals surface area contributed by atoms with Crippen LogP contribution in [0.3, 0.4) is 0 Å². The molecule has 0 spiro atoms. The van der Waals surface area contributed by atoms with Crippen LogP contribution in [0.4, 0.5) is 10.2 Å². The van der Waals surface area contributed by atoms with Crippen molar-refractivity contribution in [3.05, 3.63) is 87.3 Å². The molecule has 0 amide bonds. The molecule has 4 aromatic rings. The second kappa shape index (κ2) is 7.64. The van der Waals surface area contributed by atoms with E-state index in [1.54, 1.807) is 18.5 Å². The van der Waals surface area contributed by atoms with Crippen molar-refractivity contribution in [2.75, 3.05) is 5.32 Å². The molecule has 1 aromatic carbocycles. The van der Waals surface area contributed by atoms with Crippen molar-refractivity contribution in [3.63, 3.8) is 0 Å². The number of fused-ring (bicyclic) bond motifs is 1. The summed E-state index contributed by atoms with van der Waals surface area (Å²) in [7, 11) is 0. The van der Waals surface area contributed by atoms with Gasteiger partial charge in [0.15, 0.2) is 0 Å². The van der Waals surface area contributed by atoms with Gasteiger partial charge in [0.2, 0.25) is 0 Å². The number of anilines is 1. The molecule has 0 saturated carbocycles. The number of hydrogen-bond donors (Lipinski definition) is 2. The van der Waals surface area contributed by atoms with E-state index in [2.05, 4.69) is 20.3 Å². The molecule has 0 radical (unpaired) electrons. The monoisotopic (exact) mass is 408 g/mol. The summed E-state index contributed by atoms with van der Waals surface area (Å²) in [6.07, 6.45) is 5.28. The van der Waals surface area contributed by atoms with E-state index in [0.717, 1.165) is 16.7 Å². The topological polar surface area (TPSA) is 70.7 Å². The molecule has 0 saturated heterocycles. The smallest absolute Gasteiger partial charge is 0.253 e. The SMILES string of the molecule is Cc1cnccc1-c1ccnc(NC(C)c2cc3cc(Cl)c(F)cc3[nH]c2=O)c1. The number of hydrogen-bond acceptors (Lipinski definition) is 4. The molecular weight excluding hydrogens is 391 g/mol. The largest absolute Gasteiger partial charge is 0.363 e. The fraction of sp³-hybridized carbons (Fsp3) is 0.136. The van der Waals surface area contributed by atoms with Crippen LogP contribution in [-0.4, -0.2) is 15.0 Å². The molecular formula is C22H18ClFN4O. The Morgan fingerprint density at radius 2 is 2.00 bits per heavy atom. The fourth-order valence-electron chi connectivity index (χ4n) is 3.31. The first kappa shape index (κ1) is 19.1. The van der Waals surface area contributed by atoms with Crippen LogP contribution in [0, 0.1) is 12.7 Å². The average molecular weight is 409 g/mol. The van der Waals surface area contributed by atoms with Gasteiger partial charge in [-0.05, 0) is 66.9 Å². The summed E-state index contributed by atoms with van der Waals surface area (Å²) in [4.78, 5) is 23.7. The van der Waals surface area contributed by atoms with Gasteiger partial charge >= 0.3 is 0 Å². The van der Waals surface area contributed by atoms with Gasteiger partial charge in [-0.2, -0.15) is 0 Å². The third-order valence-electron chi connectivity index (χ3n) is 4.84. The molecule has 146 valence electrons. The van der Waals surface area contributed by atoms with E-state index < -0.39 is 5.82 Å². The minimum absolute atomic E-state index is 0.0122. The van der Waals surface area contributed by atoms with Gasteiger partial charge < -0.3 is 10.3 Å². The third-order valence-corrected chi connectivity index (χ3v) is 5.13. The van der Waals surface area contributed by atoms with Gasteiger partial charge in [-0.1, -0.05) is 11.6 Å². The molecule has 0 aliphatic rings. The summed E-state index contributed by atoms with van der Waals surface area (Å²) in [5.41, 5.74) is 3.75. The summed E-state index contributed by atoms with van der Waals surface area (Å²) < 4.78 is 13.7. The number of benzene rings is 1. The van der Waals surface area contributed by atoms with Gasteiger partial charge in [-0.25, -0.2) is 9.37 Å². The van der Waals surface area contributed by atoms with Crippen molar-refractivity contribution in [1.29, 1.82) is 0 Å². The number of nitrogens with zero attached hydrogens (tertiary/aromatic N) is 2. The van der Waals surface area contributed by atoms with E-state index in [9.17, 15) is 9.18 Å². The van der Waals surface area contributed by atoms with Gasteiger partial charge in [-0.15, -0.1) is 0 Å². The fourth-order valence-corrected chi connectivity index (χ4v) is 3.49. The Kier molecular flexibility index (Phi) is 5.03.